The lowest BCUT2D eigenvalue weighted by Gasteiger charge is -2.10. The molecule has 0 radical (unpaired) electrons. The van der Waals surface area contributed by atoms with Crippen LogP contribution in [0.25, 0.3) is 17.1 Å². The third kappa shape index (κ3) is 5.76. The summed E-state index contributed by atoms with van der Waals surface area (Å²) in [6.45, 7) is 0. The molecule has 0 atom stereocenters. The van der Waals surface area contributed by atoms with Gasteiger partial charge in [0.25, 0.3) is 5.91 Å². The number of hydrazone groups is 1. The third-order valence-electron chi connectivity index (χ3n) is 4.49. The van der Waals surface area contributed by atoms with Crippen molar-refractivity contribution in [3.05, 3.63) is 83.6 Å². The number of hydrogen-bond donors (Lipinski definition) is 1. The Kier molecular flexibility index (Phi) is 7.33. The Bertz CT molecular complexity index is 1260. The quantitative estimate of drug-likeness (QED) is 0.231. The Morgan fingerprint density at radius 2 is 1.94 bits per heavy atom. The van der Waals surface area contributed by atoms with Crippen molar-refractivity contribution in [3.63, 3.8) is 0 Å². The second kappa shape index (κ2) is 10.8. The van der Waals surface area contributed by atoms with E-state index in [1.54, 1.807) is 37.9 Å². The van der Waals surface area contributed by atoms with Gasteiger partial charge in [-0.2, -0.15) is 5.10 Å². The highest BCUT2D eigenvalue weighted by atomic mass is 35.5. The molecule has 0 unspecified atom stereocenters. The van der Waals surface area contributed by atoms with E-state index < -0.39 is 0 Å². The molecular weight excluding hydrogens is 460 g/mol. The Morgan fingerprint density at radius 1 is 1.15 bits per heavy atom. The minimum atomic E-state index is -0.268. The maximum absolute atomic E-state index is 12.3. The van der Waals surface area contributed by atoms with E-state index in [0.717, 1.165) is 16.8 Å². The van der Waals surface area contributed by atoms with Crippen LogP contribution in [-0.2, 0) is 4.79 Å². The highest BCUT2D eigenvalue weighted by Gasteiger charge is 2.17. The number of pyridine rings is 1. The molecule has 33 heavy (non-hydrogen) atoms. The molecule has 10 heteroatoms. The largest absolute Gasteiger partial charge is 0.497 e. The van der Waals surface area contributed by atoms with Gasteiger partial charge >= 0.3 is 0 Å². The van der Waals surface area contributed by atoms with Crippen molar-refractivity contribution >= 4 is 35.5 Å². The number of benzene rings is 2. The van der Waals surface area contributed by atoms with Crippen LogP contribution in [0.15, 0.2) is 83.3 Å². The summed E-state index contributed by atoms with van der Waals surface area (Å²) in [7, 11) is 1.60. The second-order valence-electron chi connectivity index (χ2n) is 6.71. The van der Waals surface area contributed by atoms with Gasteiger partial charge in [0.05, 0.1) is 19.1 Å². The summed E-state index contributed by atoms with van der Waals surface area (Å²) in [4.78, 5) is 16.4. The molecule has 2 heterocycles. The van der Waals surface area contributed by atoms with E-state index in [1.807, 2.05) is 53.1 Å². The molecule has 166 valence electrons. The number of rotatable bonds is 8. The summed E-state index contributed by atoms with van der Waals surface area (Å²) in [5.41, 5.74) is 5.02. The van der Waals surface area contributed by atoms with Crippen molar-refractivity contribution in [1.29, 1.82) is 0 Å². The van der Waals surface area contributed by atoms with Gasteiger partial charge < -0.3 is 4.74 Å². The number of thioether (sulfide) groups is 1. The summed E-state index contributed by atoms with van der Waals surface area (Å²) < 4.78 is 7.06. The van der Waals surface area contributed by atoms with Crippen LogP contribution in [0.5, 0.6) is 5.75 Å². The molecule has 0 saturated carbocycles. The third-order valence-corrected chi connectivity index (χ3v) is 5.67. The Hall–Kier alpha value is -3.69. The molecule has 0 bridgehead atoms. The van der Waals surface area contributed by atoms with Crippen molar-refractivity contribution in [2.24, 2.45) is 5.10 Å². The number of amides is 1. The van der Waals surface area contributed by atoms with Crippen LogP contribution in [0.3, 0.4) is 0 Å². The maximum Gasteiger partial charge on any atom is 0.250 e. The summed E-state index contributed by atoms with van der Waals surface area (Å²) in [5.74, 6) is 1.19. The van der Waals surface area contributed by atoms with Gasteiger partial charge in [0, 0.05) is 28.7 Å². The number of halogens is 1. The van der Waals surface area contributed by atoms with E-state index in [0.29, 0.717) is 21.8 Å². The van der Waals surface area contributed by atoms with Crippen LogP contribution in [-0.4, -0.2) is 44.7 Å². The first-order chi connectivity index (χ1) is 16.1. The lowest BCUT2D eigenvalue weighted by Crippen LogP contribution is -2.20. The number of aromatic nitrogens is 4. The van der Waals surface area contributed by atoms with Gasteiger partial charge in [0.1, 0.15) is 5.75 Å². The lowest BCUT2D eigenvalue weighted by atomic mass is 10.2. The maximum atomic E-state index is 12.3. The number of carbonyl (C=O) groups is 1. The molecule has 0 spiro atoms. The molecule has 0 aliphatic carbocycles. The lowest BCUT2D eigenvalue weighted by molar-refractivity contribution is -0.118. The number of methoxy groups -OCH3 is 1. The van der Waals surface area contributed by atoms with Crippen LogP contribution in [0.1, 0.15) is 5.56 Å². The molecule has 1 N–H and O–H groups in total. The van der Waals surface area contributed by atoms with Crippen molar-refractivity contribution in [2.45, 2.75) is 5.16 Å². The molecule has 0 saturated heterocycles. The first-order valence-electron chi connectivity index (χ1n) is 9.84. The van der Waals surface area contributed by atoms with Gasteiger partial charge in [-0.15, -0.1) is 10.2 Å². The number of hydrogen-bond acceptors (Lipinski definition) is 7. The average molecular weight is 479 g/mol. The zero-order valence-corrected chi connectivity index (χ0v) is 19.1. The standard InChI is InChI=1S/C23H19ClN6O2S/c1-32-20-4-2-3-16(13-20)14-26-27-21(31)15-33-23-29-28-22(17-9-11-25-12-10-17)30(23)19-7-5-18(24)6-8-19/h2-14H,15H2,1H3,(H,27,31)/b26-14+. The smallest absolute Gasteiger partial charge is 0.250 e. The van der Waals surface area contributed by atoms with E-state index in [4.69, 9.17) is 16.3 Å². The minimum Gasteiger partial charge on any atom is -0.497 e. The van der Waals surface area contributed by atoms with Gasteiger partial charge in [-0.05, 0) is 54.1 Å². The zero-order valence-electron chi connectivity index (χ0n) is 17.6. The molecule has 2 aromatic heterocycles. The van der Waals surface area contributed by atoms with E-state index >= 15 is 0 Å². The highest BCUT2D eigenvalue weighted by molar-refractivity contribution is 7.99. The number of nitrogens with one attached hydrogen (secondary N) is 1. The second-order valence-corrected chi connectivity index (χ2v) is 8.09. The zero-order chi connectivity index (χ0) is 23.0. The average Bonchev–Trinajstić information content (AvgIpc) is 3.28. The monoisotopic (exact) mass is 478 g/mol. The highest BCUT2D eigenvalue weighted by Crippen LogP contribution is 2.28. The van der Waals surface area contributed by atoms with Crippen molar-refractivity contribution < 1.29 is 9.53 Å². The molecule has 0 aliphatic heterocycles. The van der Waals surface area contributed by atoms with Gasteiger partial charge in [-0.25, -0.2) is 5.43 Å². The van der Waals surface area contributed by atoms with Gasteiger partial charge in [0.15, 0.2) is 11.0 Å². The summed E-state index contributed by atoms with van der Waals surface area (Å²) in [5, 5.41) is 13.8. The fourth-order valence-corrected chi connectivity index (χ4v) is 3.81. The van der Waals surface area contributed by atoms with Gasteiger partial charge in [-0.3, -0.25) is 14.3 Å². The van der Waals surface area contributed by atoms with Crippen LogP contribution < -0.4 is 10.2 Å². The molecule has 1 amide bonds. The van der Waals surface area contributed by atoms with Crippen LogP contribution >= 0.6 is 23.4 Å². The summed E-state index contributed by atoms with van der Waals surface area (Å²) in [6, 6.07) is 18.4. The fraction of sp³-hybridized carbons (Fsp3) is 0.0870. The minimum absolute atomic E-state index is 0.109. The molecule has 0 fully saturated rings. The molecular formula is C23H19ClN6O2S. The number of nitrogens with zero attached hydrogens (tertiary/aromatic N) is 5. The van der Waals surface area contributed by atoms with Crippen LogP contribution in [0.4, 0.5) is 0 Å². The van der Waals surface area contributed by atoms with Crippen molar-refractivity contribution in [1.82, 2.24) is 25.2 Å². The van der Waals surface area contributed by atoms with E-state index in [9.17, 15) is 4.79 Å². The fourth-order valence-electron chi connectivity index (χ4n) is 2.94. The molecule has 8 nitrogen and oxygen atoms in total. The van der Waals surface area contributed by atoms with Gasteiger partial charge in [-0.1, -0.05) is 35.5 Å². The Labute approximate surface area is 199 Å². The van der Waals surface area contributed by atoms with E-state index in [1.165, 1.54) is 11.8 Å². The van der Waals surface area contributed by atoms with Crippen LogP contribution in [0.2, 0.25) is 5.02 Å². The van der Waals surface area contributed by atoms with E-state index in [-0.39, 0.29) is 11.7 Å². The molecule has 0 aliphatic rings. The van der Waals surface area contributed by atoms with Crippen LogP contribution in [0, 0.1) is 0 Å². The SMILES string of the molecule is COc1cccc(/C=N/NC(=O)CSc2nnc(-c3ccncc3)n2-c2ccc(Cl)cc2)c1. The summed E-state index contributed by atoms with van der Waals surface area (Å²) >= 11 is 7.31. The normalized spacial score (nSPS) is 11.0. The van der Waals surface area contributed by atoms with Crippen molar-refractivity contribution in [2.75, 3.05) is 12.9 Å². The van der Waals surface area contributed by atoms with Crippen molar-refractivity contribution in [3.8, 4) is 22.8 Å². The topological polar surface area (TPSA) is 94.3 Å². The van der Waals surface area contributed by atoms with Gasteiger partial charge in [0.2, 0.25) is 0 Å². The van der Waals surface area contributed by atoms with E-state index in [2.05, 4.69) is 25.7 Å². The molecule has 4 aromatic rings. The molecule has 4 rings (SSSR count). The predicted octanol–water partition coefficient (Wildman–Crippen LogP) is 4.23. The summed E-state index contributed by atoms with van der Waals surface area (Å²) in [6.07, 6.45) is 4.94. The Morgan fingerprint density at radius 3 is 2.70 bits per heavy atom. The first-order valence-corrected chi connectivity index (χ1v) is 11.2. The first kappa shape index (κ1) is 22.5. The Balaban J connectivity index is 1.48. The number of carbonyl (C=O) groups excluding carboxylic acids is 1. The molecule has 2 aromatic carbocycles. The number of ether oxygens (including phenoxy) is 1. The predicted molar refractivity (Wildman–Crippen MR) is 129 cm³/mol.